The van der Waals surface area contributed by atoms with Crippen LogP contribution in [0.1, 0.15) is 24.9 Å². The molecule has 16 heavy (non-hydrogen) atoms. The highest BCUT2D eigenvalue weighted by Crippen LogP contribution is 2.27. The molecule has 4 heteroatoms. The van der Waals surface area contributed by atoms with Crippen molar-refractivity contribution in [2.45, 2.75) is 25.5 Å². The Morgan fingerprint density at radius 1 is 1.50 bits per heavy atom. The quantitative estimate of drug-likeness (QED) is 0.861. The molecular formula is C12H17ClFNO. The first-order valence-electron chi connectivity index (χ1n) is 5.23. The van der Waals surface area contributed by atoms with Gasteiger partial charge in [0.15, 0.2) is 0 Å². The average molecular weight is 246 g/mol. The molecule has 2 unspecified atom stereocenters. The van der Waals surface area contributed by atoms with Gasteiger partial charge in [-0.15, -0.1) is 0 Å². The van der Waals surface area contributed by atoms with Gasteiger partial charge in [0, 0.05) is 18.2 Å². The van der Waals surface area contributed by atoms with Crippen LogP contribution in [-0.4, -0.2) is 20.3 Å². The topological polar surface area (TPSA) is 21.3 Å². The van der Waals surface area contributed by atoms with Crippen LogP contribution in [0.25, 0.3) is 0 Å². The number of benzene rings is 1. The maximum absolute atomic E-state index is 13.1. The lowest BCUT2D eigenvalue weighted by Gasteiger charge is -2.21. The number of halogens is 2. The lowest BCUT2D eigenvalue weighted by molar-refractivity contribution is 0.101. The van der Waals surface area contributed by atoms with Gasteiger partial charge in [0.25, 0.3) is 0 Å². The number of hydrogen-bond donors (Lipinski definition) is 1. The van der Waals surface area contributed by atoms with Crippen LogP contribution in [0, 0.1) is 5.82 Å². The van der Waals surface area contributed by atoms with E-state index in [1.165, 1.54) is 12.1 Å². The molecular weight excluding hydrogens is 229 g/mol. The van der Waals surface area contributed by atoms with E-state index in [1.807, 2.05) is 14.0 Å². The Morgan fingerprint density at radius 3 is 2.75 bits per heavy atom. The minimum absolute atomic E-state index is 0.00171. The van der Waals surface area contributed by atoms with Crippen LogP contribution in [0.15, 0.2) is 18.2 Å². The maximum atomic E-state index is 13.1. The Hall–Kier alpha value is -0.640. The van der Waals surface area contributed by atoms with Gasteiger partial charge in [-0.2, -0.15) is 0 Å². The van der Waals surface area contributed by atoms with E-state index in [1.54, 1.807) is 13.2 Å². The fraction of sp³-hybridized carbons (Fsp3) is 0.500. The highest BCUT2D eigenvalue weighted by Gasteiger charge is 2.16. The van der Waals surface area contributed by atoms with Crippen LogP contribution in [0.5, 0.6) is 0 Å². The fourth-order valence-corrected chi connectivity index (χ4v) is 1.86. The lowest BCUT2D eigenvalue weighted by Crippen LogP contribution is -2.22. The van der Waals surface area contributed by atoms with Crippen molar-refractivity contribution >= 4 is 11.6 Å². The second-order valence-electron chi connectivity index (χ2n) is 3.79. The number of rotatable bonds is 5. The van der Waals surface area contributed by atoms with Gasteiger partial charge >= 0.3 is 0 Å². The number of hydrogen-bond acceptors (Lipinski definition) is 2. The third-order valence-corrected chi connectivity index (χ3v) is 3.00. The van der Waals surface area contributed by atoms with E-state index >= 15 is 0 Å². The van der Waals surface area contributed by atoms with Crippen molar-refractivity contribution in [3.05, 3.63) is 34.6 Å². The Labute approximate surface area is 101 Å². The van der Waals surface area contributed by atoms with Gasteiger partial charge in [-0.25, -0.2) is 4.39 Å². The zero-order valence-electron chi connectivity index (χ0n) is 9.76. The van der Waals surface area contributed by atoms with Crippen molar-refractivity contribution < 1.29 is 9.13 Å². The standard InChI is InChI=1S/C12H17ClFNO/c1-8(16-3)6-12(15-2)10-7-9(14)4-5-11(10)13/h4-5,7-8,12,15H,6H2,1-3H3. The maximum Gasteiger partial charge on any atom is 0.123 e. The first-order chi connectivity index (χ1) is 7.58. The molecule has 0 spiro atoms. The van der Waals surface area contributed by atoms with Crippen LogP contribution < -0.4 is 5.32 Å². The van der Waals surface area contributed by atoms with E-state index < -0.39 is 0 Å². The molecule has 0 aromatic heterocycles. The molecule has 0 aliphatic rings. The molecule has 0 heterocycles. The average Bonchev–Trinajstić information content (AvgIpc) is 2.29. The summed E-state index contributed by atoms with van der Waals surface area (Å²) < 4.78 is 18.3. The monoisotopic (exact) mass is 245 g/mol. The van der Waals surface area contributed by atoms with Gasteiger partial charge in [0.1, 0.15) is 5.82 Å². The van der Waals surface area contributed by atoms with E-state index in [0.29, 0.717) is 5.02 Å². The zero-order valence-corrected chi connectivity index (χ0v) is 10.5. The third-order valence-electron chi connectivity index (χ3n) is 2.65. The minimum Gasteiger partial charge on any atom is -0.382 e. The van der Waals surface area contributed by atoms with E-state index in [4.69, 9.17) is 16.3 Å². The summed E-state index contributed by atoms with van der Waals surface area (Å²) in [5, 5.41) is 3.69. The molecule has 1 aromatic carbocycles. The molecule has 0 saturated carbocycles. The molecule has 0 aliphatic carbocycles. The van der Waals surface area contributed by atoms with Gasteiger partial charge in [-0.3, -0.25) is 0 Å². The van der Waals surface area contributed by atoms with E-state index in [9.17, 15) is 4.39 Å². The molecule has 1 rings (SSSR count). The molecule has 0 amide bonds. The zero-order chi connectivity index (χ0) is 12.1. The van der Waals surface area contributed by atoms with Gasteiger partial charge in [0.2, 0.25) is 0 Å². The summed E-state index contributed by atoms with van der Waals surface area (Å²) in [6.07, 6.45) is 0.840. The van der Waals surface area contributed by atoms with Gasteiger partial charge in [0.05, 0.1) is 6.10 Å². The SMILES string of the molecule is CNC(CC(C)OC)c1cc(F)ccc1Cl. The second-order valence-corrected chi connectivity index (χ2v) is 4.20. The molecule has 2 atom stereocenters. The predicted molar refractivity (Wildman–Crippen MR) is 64.3 cm³/mol. The first kappa shape index (κ1) is 13.4. The van der Waals surface area contributed by atoms with Crippen molar-refractivity contribution in [1.82, 2.24) is 5.32 Å². The van der Waals surface area contributed by atoms with Gasteiger partial charge in [-0.05, 0) is 44.2 Å². The molecule has 1 N–H and O–H groups in total. The van der Waals surface area contributed by atoms with Crippen molar-refractivity contribution in [1.29, 1.82) is 0 Å². The third kappa shape index (κ3) is 3.44. The number of nitrogens with one attached hydrogen (secondary N) is 1. The molecule has 0 aliphatic heterocycles. The van der Waals surface area contributed by atoms with Crippen LogP contribution in [0.3, 0.4) is 0 Å². The van der Waals surface area contributed by atoms with Crippen molar-refractivity contribution in [3.8, 4) is 0 Å². The Balaban J connectivity index is 2.89. The summed E-state index contributed by atoms with van der Waals surface area (Å²) in [6.45, 7) is 1.97. The molecule has 90 valence electrons. The Kier molecular flexibility index (Phi) is 5.19. The largest absolute Gasteiger partial charge is 0.382 e. The van der Waals surface area contributed by atoms with Crippen LogP contribution in [-0.2, 0) is 4.74 Å². The molecule has 0 fully saturated rings. The highest BCUT2D eigenvalue weighted by atomic mass is 35.5. The van der Waals surface area contributed by atoms with Crippen molar-refractivity contribution in [2.75, 3.05) is 14.2 Å². The molecule has 1 aromatic rings. The Morgan fingerprint density at radius 2 is 2.19 bits per heavy atom. The van der Waals surface area contributed by atoms with Gasteiger partial charge < -0.3 is 10.1 Å². The predicted octanol–water partition coefficient (Wildman–Crippen LogP) is 3.16. The summed E-state index contributed by atoms with van der Waals surface area (Å²) in [5.74, 6) is -0.273. The van der Waals surface area contributed by atoms with E-state index in [-0.39, 0.29) is 18.0 Å². The van der Waals surface area contributed by atoms with Crippen LogP contribution >= 0.6 is 11.6 Å². The fourth-order valence-electron chi connectivity index (χ4n) is 1.61. The second kappa shape index (κ2) is 6.18. The molecule has 0 bridgehead atoms. The summed E-state index contributed by atoms with van der Waals surface area (Å²) >= 11 is 6.05. The Bertz CT molecular complexity index is 346. The minimum atomic E-state index is -0.273. The number of methoxy groups -OCH3 is 1. The van der Waals surface area contributed by atoms with Crippen LogP contribution in [0.2, 0.25) is 5.02 Å². The number of ether oxygens (including phenoxy) is 1. The normalized spacial score (nSPS) is 14.8. The molecule has 0 saturated heterocycles. The summed E-state index contributed by atoms with van der Waals surface area (Å²) in [4.78, 5) is 0. The van der Waals surface area contributed by atoms with E-state index in [2.05, 4.69) is 5.32 Å². The highest BCUT2D eigenvalue weighted by molar-refractivity contribution is 6.31. The summed E-state index contributed by atoms with van der Waals surface area (Å²) in [6, 6.07) is 4.40. The smallest absolute Gasteiger partial charge is 0.123 e. The molecule has 2 nitrogen and oxygen atoms in total. The lowest BCUT2D eigenvalue weighted by atomic mass is 10.0. The summed E-state index contributed by atoms with van der Waals surface area (Å²) in [7, 11) is 3.48. The van der Waals surface area contributed by atoms with Crippen molar-refractivity contribution in [2.24, 2.45) is 0 Å². The van der Waals surface area contributed by atoms with Gasteiger partial charge in [-0.1, -0.05) is 11.6 Å². The first-order valence-corrected chi connectivity index (χ1v) is 5.61. The molecule has 0 radical (unpaired) electrons. The van der Waals surface area contributed by atoms with E-state index in [0.717, 1.165) is 12.0 Å². The summed E-state index contributed by atoms with van der Waals surface area (Å²) in [5.41, 5.74) is 0.771. The van der Waals surface area contributed by atoms with Crippen molar-refractivity contribution in [3.63, 3.8) is 0 Å². The van der Waals surface area contributed by atoms with Crippen LogP contribution in [0.4, 0.5) is 4.39 Å².